The van der Waals surface area contributed by atoms with E-state index in [1.807, 2.05) is 26.1 Å². The summed E-state index contributed by atoms with van der Waals surface area (Å²) >= 11 is 0. The number of benzene rings is 1. The van der Waals surface area contributed by atoms with Crippen LogP contribution >= 0.6 is 0 Å². The molecule has 1 N–H and O–H groups in total. The molecular formula is C23H23NO3. The Morgan fingerprint density at radius 1 is 1.15 bits per heavy atom. The maximum Gasteiger partial charge on any atom is 0.173 e. The van der Waals surface area contributed by atoms with Crippen molar-refractivity contribution in [2.45, 2.75) is 45.3 Å². The number of fused-ring (bicyclic) bond motifs is 5. The minimum atomic E-state index is -0.252. The van der Waals surface area contributed by atoms with E-state index in [2.05, 4.69) is 30.1 Å². The fourth-order valence-corrected chi connectivity index (χ4v) is 5.60. The van der Waals surface area contributed by atoms with E-state index in [1.54, 1.807) is 6.20 Å². The zero-order valence-electron chi connectivity index (χ0n) is 15.8. The van der Waals surface area contributed by atoms with E-state index in [0.29, 0.717) is 5.57 Å². The lowest BCUT2D eigenvalue weighted by Crippen LogP contribution is -2.33. The molecule has 1 aliphatic carbocycles. The molecule has 0 radical (unpaired) electrons. The molecule has 4 heteroatoms. The van der Waals surface area contributed by atoms with Gasteiger partial charge in [-0.25, -0.2) is 0 Å². The Balaban J connectivity index is 1.59. The van der Waals surface area contributed by atoms with Gasteiger partial charge >= 0.3 is 0 Å². The fourth-order valence-electron chi connectivity index (χ4n) is 5.60. The summed E-state index contributed by atoms with van der Waals surface area (Å²) in [6, 6.07) is 8.14. The first-order chi connectivity index (χ1) is 13.0. The molecule has 0 unspecified atom stereocenters. The first kappa shape index (κ1) is 16.7. The number of hydrogen-bond donors (Lipinski definition) is 1. The van der Waals surface area contributed by atoms with Crippen molar-refractivity contribution in [3.05, 3.63) is 70.2 Å². The molecule has 1 aromatic carbocycles. The number of rotatable bonds is 2. The predicted octanol–water partition coefficient (Wildman–Crippen LogP) is 4.05. The van der Waals surface area contributed by atoms with Gasteiger partial charge in [0.2, 0.25) is 0 Å². The molecule has 2 fully saturated rings. The molecule has 2 aromatic rings. The van der Waals surface area contributed by atoms with Crippen LogP contribution in [0.4, 0.5) is 0 Å². The Morgan fingerprint density at radius 2 is 1.89 bits per heavy atom. The van der Waals surface area contributed by atoms with E-state index >= 15 is 0 Å². The summed E-state index contributed by atoms with van der Waals surface area (Å²) in [6.07, 6.45) is 4.17. The summed E-state index contributed by atoms with van der Waals surface area (Å²) < 4.78 is 6.17. The summed E-state index contributed by atoms with van der Waals surface area (Å²) in [4.78, 5) is 17.5. The van der Waals surface area contributed by atoms with E-state index < -0.39 is 0 Å². The summed E-state index contributed by atoms with van der Waals surface area (Å²) in [5, 5.41) is 11.2. The minimum absolute atomic E-state index is 0.0460. The fraction of sp³-hybridized carbons (Fsp3) is 0.391. The number of aryl methyl sites for hydroxylation is 3. The number of ketones is 1. The maximum atomic E-state index is 13.3. The second-order valence-electron chi connectivity index (χ2n) is 8.22. The molecular weight excluding hydrogens is 338 g/mol. The molecule has 27 heavy (non-hydrogen) atoms. The number of nitrogens with zero attached hydrogens (tertiary/aromatic N) is 1. The van der Waals surface area contributed by atoms with Crippen LogP contribution < -0.4 is 0 Å². The number of allylic oxidation sites excluding steroid dienone is 1. The average Bonchev–Trinajstić information content (AvgIpc) is 3.29. The van der Waals surface area contributed by atoms with Gasteiger partial charge < -0.3 is 9.84 Å². The molecule has 5 atom stereocenters. The third-order valence-electron chi connectivity index (χ3n) is 6.52. The van der Waals surface area contributed by atoms with Gasteiger partial charge in [-0.05, 0) is 55.5 Å². The van der Waals surface area contributed by atoms with E-state index in [4.69, 9.17) is 4.74 Å². The Labute approximate surface area is 158 Å². The van der Waals surface area contributed by atoms with Crippen molar-refractivity contribution in [3.63, 3.8) is 0 Å². The Hall–Kier alpha value is -2.46. The maximum absolute atomic E-state index is 13.3. The van der Waals surface area contributed by atoms with Crippen molar-refractivity contribution in [1.82, 2.24) is 4.98 Å². The van der Waals surface area contributed by atoms with Crippen LogP contribution in [0.3, 0.4) is 0 Å². The van der Waals surface area contributed by atoms with E-state index in [0.717, 1.165) is 28.7 Å². The highest BCUT2D eigenvalue weighted by atomic mass is 16.5. The van der Waals surface area contributed by atoms with Gasteiger partial charge in [-0.1, -0.05) is 23.8 Å². The number of carbonyl (C=O) groups excluding carboxylic acids is 1. The molecule has 2 bridgehead atoms. The van der Waals surface area contributed by atoms with Crippen molar-refractivity contribution < 1.29 is 14.6 Å². The van der Waals surface area contributed by atoms with Gasteiger partial charge in [-0.2, -0.15) is 0 Å². The highest BCUT2D eigenvalue weighted by Crippen LogP contribution is 2.58. The Morgan fingerprint density at radius 3 is 2.56 bits per heavy atom. The zero-order chi connectivity index (χ0) is 18.9. The summed E-state index contributed by atoms with van der Waals surface area (Å²) in [5.41, 5.74) is 5.79. The van der Waals surface area contributed by atoms with Crippen molar-refractivity contribution in [2.24, 2.45) is 11.8 Å². The van der Waals surface area contributed by atoms with Crippen LogP contribution in [0.25, 0.3) is 5.57 Å². The van der Waals surface area contributed by atoms with Gasteiger partial charge in [0.05, 0.1) is 29.6 Å². The Bertz CT molecular complexity index is 955. The smallest absolute Gasteiger partial charge is 0.173 e. The van der Waals surface area contributed by atoms with Crippen molar-refractivity contribution in [3.8, 4) is 0 Å². The van der Waals surface area contributed by atoms with Gasteiger partial charge in [-0.15, -0.1) is 0 Å². The van der Waals surface area contributed by atoms with Crippen molar-refractivity contribution in [1.29, 1.82) is 0 Å². The molecule has 5 rings (SSSR count). The van der Waals surface area contributed by atoms with Gasteiger partial charge in [0.25, 0.3) is 0 Å². The molecule has 1 aromatic heterocycles. The van der Waals surface area contributed by atoms with Gasteiger partial charge in [0.1, 0.15) is 5.76 Å². The largest absolute Gasteiger partial charge is 0.511 e. The number of pyridine rings is 1. The molecule has 0 amide bonds. The van der Waals surface area contributed by atoms with Crippen LogP contribution in [0.1, 0.15) is 40.2 Å². The number of aliphatic hydroxyl groups is 1. The van der Waals surface area contributed by atoms with Gasteiger partial charge in [0, 0.05) is 18.3 Å². The van der Waals surface area contributed by atoms with Crippen LogP contribution in [0.2, 0.25) is 0 Å². The number of hydrogen-bond acceptors (Lipinski definition) is 4. The molecule has 4 nitrogen and oxygen atoms in total. The second-order valence-corrected chi connectivity index (χ2v) is 8.22. The minimum Gasteiger partial charge on any atom is -0.511 e. The lowest BCUT2D eigenvalue weighted by molar-refractivity contribution is -0.118. The number of carbonyl (C=O) groups is 1. The lowest BCUT2D eigenvalue weighted by Gasteiger charge is -2.27. The molecule has 3 heterocycles. The van der Waals surface area contributed by atoms with Gasteiger partial charge in [0.15, 0.2) is 5.78 Å². The molecule has 2 aliphatic heterocycles. The number of aromatic nitrogens is 1. The lowest BCUT2D eigenvalue weighted by atomic mass is 9.73. The third kappa shape index (κ3) is 2.26. The first-order valence-electron chi connectivity index (χ1n) is 9.58. The van der Waals surface area contributed by atoms with E-state index in [1.165, 1.54) is 5.56 Å². The second kappa shape index (κ2) is 5.77. The van der Waals surface area contributed by atoms with Crippen LogP contribution in [0.15, 0.2) is 42.4 Å². The molecule has 2 saturated heterocycles. The van der Waals surface area contributed by atoms with E-state index in [9.17, 15) is 9.90 Å². The topological polar surface area (TPSA) is 59.4 Å². The zero-order valence-corrected chi connectivity index (χ0v) is 15.8. The van der Waals surface area contributed by atoms with Crippen LogP contribution in [0, 0.1) is 32.6 Å². The number of Topliss-reactive ketones (excluding diaryl/α,β-unsaturated/α-hetero) is 1. The molecule has 0 spiro atoms. The summed E-state index contributed by atoms with van der Waals surface area (Å²) in [5.74, 6) is -0.0418. The summed E-state index contributed by atoms with van der Waals surface area (Å²) in [7, 11) is 0. The standard InChI is InChI=1S/C23H23NO3/c1-11-7-12(2)17(13(3)8-11)19-21(25)18-16-9-15(14-5-4-6-24-10-14)23(27-16)20(18)22(19)26/h4-8,10,15-16,18,20,23,26H,9H2,1-3H3/t15-,16-,18-,20+,23-/m0/s1. The highest BCUT2D eigenvalue weighted by molar-refractivity contribution is 6.26. The molecule has 138 valence electrons. The number of aliphatic hydroxyl groups excluding tert-OH is 1. The normalized spacial score (nSPS) is 31.7. The average molecular weight is 361 g/mol. The van der Waals surface area contributed by atoms with Crippen LogP contribution in [0.5, 0.6) is 0 Å². The SMILES string of the molecule is Cc1cc(C)c(C2=C(O)[C@@H]3[C@H]4O[C@@H](C[C@H]4c4cccnc4)[C@@H]3C2=O)c(C)c1. The number of ether oxygens (including phenoxy) is 1. The summed E-state index contributed by atoms with van der Waals surface area (Å²) in [6.45, 7) is 6.08. The third-order valence-corrected chi connectivity index (χ3v) is 6.52. The quantitative estimate of drug-likeness (QED) is 0.877. The van der Waals surface area contributed by atoms with E-state index in [-0.39, 0.29) is 41.5 Å². The highest BCUT2D eigenvalue weighted by Gasteiger charge is 2.62. The molecule has 3 aliphatic rings. The van der Waals surface area contributed by atoms with Gasteiger partial charge in [-0.3, -0.25) is 9.78 Å². The van der Waals surface area contributed by atoms with Crippen LogP contribution in [-0.2, 0) is 9.53 Å². The molecule has 0 saturated carbocycles. The monoisotopic (exact) mass is 361 g/mol. The predicted molar refractivity (Wildman–Crippen MR) is 102 cm³/mol. The van der Waals surface area contributed by atoms with Crippen LogP contribution in [-0.4, -0.2) is 28.1 Å². The van der Waals surface area contributed by atoms with Crippen molar-refractivity contribution >= 4 is 11.4 Å². The first-order valence-corrected chi connectivity index (χ1v) is 9.58. The Kier molecular flexibility index (Phi) is 3.57. The van der Waals surface area contributed by atoms with Crippen molar-refractivity contribution in [2.75, 3.05) is 0 Å².